The van der Waals surface area contributed by atoms with Crippen LogP contribution in [-0.4, -0.2) is 21.3 Å². The molecule has 0 aliphatic rings. The summed E-state index contributed by atoms with van der Waals surface area (Å²) in [5.74, 6) is 0. The van der Waals surface area contributed by atoms with Crippen molar-refractivity contribution in [2.24, 2.45) is 0 Å². The molecular weight excluding hydrogens is 272 g/mol. The van der Waals surface area contributed by atoms with Crippen molar-refractivity contribution in [1.82, 2.24) is 20.1 Å². The minimum Gasteiger partial charge on any atom is -0.361 e. The van der Waals surface area contributed by atoms with Crippen LogP contribution in [0.4, 0.5) is 0 Å². The van der Waals surface area contributed by atoms with Crippen molar-refractivity contribution in [3.8, 4) is 0 Å². The molecule has 0 saturated heterocycles. The lowest BCUT2D eigenvalue weighted by atomic mass is 10.2. The number of aryl methyl sites for hydroxylation is 1. The van der Waals surface area contributed by atoms with Crippen molar-refractivity contribution in [3.05, 3.63) is 52.9 Å². The molecule has 0 amide bonds. The van der Waals surface area contributed by atoms with E-state index in [-0.39, 0.29) is 0 Å². The lowest BCUT2D eigenvalue weighted by Gasteiger charge is -2.04. The van der Waals surface area contributed by atoms with Gasteiger partial charge in [0.1, 0.15) is 0 Å². The number of halogens is 1. The molecule has 0 saturated carbocycles. The summed E-state index contributed by atoms with van der Waals surface area (Å²) in [4.78, 5) is 3.25. The third-order valence-corrected chi connectivity index (χ3v) is 3.56. The second-order valence-corrected chi connectivity index (χ2v) is 5.40. The number of benzene rings is 1. The molecule has 0 aliphatic carbocycles. The van der Waals surface area contributed by atoms with E-state index in [1.165, 1.54) is 16.5 Å². The molecule has 4 nitrogen and oxygen atoms in total. The Hall–Kier alpha value is -1.78. The molecule has 3 rings (SSSR count). The van der Waals surface area contributed by atoms with Gasteiger partial charge < -0.3 is 10.3 Å². The molecule has 0 aliphatic heterocycles. The quantitative estimate of drug-likeness (QED) is 0.709. The predicted octanol–water partition coefficient (Wildman–Crippen LogP) is 3.12. The van der Waals surface area contributed by atoms with Gasteiger partial charge in [0, 0.05) is 41.4 Å². The molecule has 1 aromatic carbocycles. The predicted molar refractivity (Wildman–Crippen MR) is 82.0 cm³/mol. The van der Waals surface area contributed by atoms with Gasteiger partial charge in [-0.3, -0.25) is 4.68 Å². The highest BCUT2D eigenvalue weighted by Gasteiger charge is 2.03. The van der Waals surface area contributed by atoms with Gasteiger partial charge in [0.2, 0.25) is 0 Å². The minimum atomic E-state index is 0.757. The number of nitrogens with one attached hydrogen (secondary N) is 2. The molecule has 0 spiro atoms. The molecule has 2 aromatic heterocycles. The molecular formula is C15H17ClN4. The first-order valence-corrected chi connectivity index (χ1v) is 7.05. The zero-order chi connectivity index (χ0) is 13.9. The van der Waals surface area contributed by atoms with Crippen LogP contribution in [-0.2, 0) is 13.1 Å². The monoisotopic (exact) mass is 288 g/mol. The van der Waals surface area contributed by atoms with Crippen LogP contribution >= 0.6 is 11.6 Å². The van der Waals surface area contributed by atoms with Gasteiger partial charge >= 0.3 is 0 Å². The topological polar surface area (TPSA) is 45.6 Å². The van der Waals surface area contributed by atoms with E-state index < -0.39 is 0 Å². The fourth-order valence-corrected chi connectivity index (χ4v) is 2.48. The van der Waals surface area contributed by atoms with Gasteiger partial charge in [0.25, 0.3) is 0 Å². The summed E-state index contributed by atoms with van der Waals surface area (Å²) in [5.41, 5.74) is 3.53. The van der Waals surface area contributed by atoms with Crippen LogP contribution in [0.1, 0.15) is 11.1 Å². The van der Waals surface area contributed by atoms with Crippen LogP contribution in [0.3, 0.4) is 0 Å². The Bertz CT molecular complexity index is 714. The Balaban J connectivity index is 1.57. The van der Waals surface area contributed by atoms with Crippen molar-refractivity contribution in [1.29, 1.82) is 0 Å². The number of aromatic nitrogens is 3. The van der Waals surface area contributed by atoms with E-state index in [1.54, 1.807) is 0 Å². The molecule has 2 N–H and O–H groups in total. The summed E-state index contributed by atoms with van der Waals surface area (Å²) in [5, 5.41) is 9.68. The molecule has 20 heavy (non-hydrogen) atoms. The molecule has 0 unspecified atom stereocenters. The average molecular weight is 289 g/mol. The summed E-state index contributed by atoms with van der Waals surface area (Å²) >= 11 is 5.98. The van der Waals surface area contributed by atoms with E-state index in [1.807, 2.05) is 36.1 Å². The van der Waals surface area contributed by atoms with Crippen LogP contribution < -0.4 is 5.32 Å². The van der Waals surface area contributed by atoms with E-state index in [0.717, 1.165) is 30.2 Å². The number of H-pyrrole nitrogens is 1. The minimum absolute atomic E-state index is 0.757. The highest BCUT2D eigenvalue weighted by atomic mass is 35.5. The number of hydrogen-bond donors (Lipinski definition) is 2. The summed E-state index contributed by atoms with van der Waals surface area (Å²) in [6.45, 7) is 4.65. The molecule has 0 bridgehead atoms. The Labute approximate surface area is 122 Å². The van der Waals surface area contributed by atoms with E-state index in [4.69, 9.17) is 11.6 Å². The standard InChI is InChI=1S/C15H17ClN4/c1-11-7-19-20(10-11)5-4-17-8-12-9-18-15-6-13(16)2-3-14(12)15/h2-3,6-7,9-10,17-18H,4-5,8H2,1H3. The Morgan fingerprint density at radius 1 is 1.40 bits per heavy atom. The van der Waals surface area contributed by atoms with Gasteiger partial charge in [-0.1, -0.05) is 17.7 Å². The average Bonchev–Trinajstić information content (AvgIpc) is 3.01. The highest BCUT2D eigenvalue weighted by molar-refractivity contribution is 6.31. The van der Waals surface area contributed by atoms with Crippen molar-refractivity contribution in [2.45, 2.75) is 20.0 Å². The summed E-state index contributed by atoms with van der Waals surface area (Å²) in [7, 11) is 0. The lowest BCUT2D eigenvalue weighted by Crippen LogP contribution is -2.19. The van der Waals surface area contributed by atoms with Crippen LogP contribution in [0, 0.1) is 6.92 Å². The largest absolute Gasteiger partial charge is 0.361 e. The molecule has 0 fully saturated rings. The third-order valence-electron chi connectivity index (χ3n) is 3.32. The van der Waals surface area contributed by atoms with Gasteiger partial charge in [0.15, 0.2) is 0 Å². The smallest absolute Gasteiger partial charge is 0.0534 e. The maximum absolute atomic E-state index is 5.98. The zero-order valence-electron chi connectivity index (χ0n) is 11.4. The van der Waals surface area contributed by atoms with Crippen molar-refractivity contribution < 1.29 is 0 Å². The number of hydrogen-bond acceptors (Lipinski definition) is 2. The zero-order valence-corrected chi connectivity index (χ0v) is 12.1. The van der Waals surface area contributed by atoms with Gasteiger partial charge in [0.05, 0.1) is 12.7 Å². The lowest BCUT2D eigenvalue weighted by molar-refractivity contribution is 0.555. The molecule has 104 valence electrons. The van der Waals surface area contributed by atoms with E-state index in [9.17, 15) is 0 Å². The fourth-order valence-electron chi connectivity index (χ4n) is 2.31. The van der Waals surface area contributed by atoms with Gasteiger partial charge in [-0.2, -0.15) is 5.10 Å². The molecule has 3 aromatic rings. The first-order valence-electron chi connectivity index (χ1n) is 6.68. The van der Waals surface area contributed by atoms with Crippen molar-refractivity contribution in [3.63, 3.8) is 0 Å². The normalized spacial score (nSPS) is 11.3. The second-order valence-electron chi connectivity index (χ2n) is 4.96. The second kappa shape index (κ2) is 5.69. The SMILES string of the molecule is Cc1cnn(CCNCc2c[nH]c3cc(Cl)ccc23)c1. The van der Waals surface area contributed by atoms with Crippen LogP contribution in [0.5, 0.6) is 0 Å². The first kappa shape index (κ1) is 13.2. The molecule has 0 radical (unpaired) electrons. The maximum atomic E-state index is 5.98. The van der Waals surface area contributed by atoms with E-state index in [0.29, 0.717) is 0 Å². The van der Waals surface area contributed by atoms with Crippen LogP contribution in [0.2, 0.25) is 5.02 Å². The summed E-state index contributed by atoms with van der Waals surface area (Å²) in [6.07, 6.45) is 5.96. The van der Waals surface area contributed by atoms with Crippen molar-refractivity contribution >= 4 is 22.5 Å². The van der Waals surface area contributed by atoms with E-state index >= 15 is 0 Å². The first-order chi connectivity index (χ1) is 9.72. The van der Waals surface area contributed by atoms with Crippen molar-refractivity contribution in [2.75, 3.05) is 6.54 Å². The number of rotatable bonds is 5. The fraction of sp³-hybridized carbons (Fsp3) is 0.267. The Morgan fingerprint density at radius 3 is 3.10 bits per heavy atom. The van der Waals surface area contributed by atoms with Gasteiger partial charge in [-0.25, -0.2) is 0 Å². The van der Waals surface area contributed by atoms with Gasteiger partial charge in [-0.05, 0) is 30.2 Å². The van der Waals surface area contributed by atoms with Crippen LogP contribution in [0.25, 0.3) is 10.9 Å². The number of nitrogens with zero attached hydrogens (tertiary/aromatic N) is 2. The highest BCUT2D eigenvalue weighted by Crippen LogP contribution is 2.21. The molecule has 0 atom stereocenters. The third kappa shape index (κ3) is 2.86. The molecule has 2 heterocycles. The van der Waals surface area contributed by atoms with Crippen LogP contribution in [0.15, 0.2) is 36.8 Å². The number of aromatic amines is 1. The van der Waals surface area contributed by atoms with E-state index in [2.05, 4.69) is 27.7 Å². The summed E-state index contributed by atoms with van der Waals surface area (Å²) < 4.78 is 1.96. The molecule has 5 heteroatoms. The summed E-state index contributed by atoms with van der Waals surface area (Å²) in [6, 6.07) is 5.93. The van der Waals surface area contributed by atoms with Gasteiger partial charge in [-0.15, -0.1) is 0 Å². The maximum Gasteiger partial charge on any atom is 0.0534 e. The Morgan fingerprint density at radius 2 is 2.30 bits per heavy atom. The number of fused-ring (bicyclic) bond motifs is 1. The Kier molecular flexibility index (Phi) is 3.76.